The van der Waals surface area contributed by atoms with E-state index in [1.165, 1.54) is 0 Å². The molecule has 2 aromatic carbocycles. The van der Waals surface area contributed by atoms with Crippen LogP contribution >= 0.6 is 0 Å². The van der Waals surface area contributed by atoms with Gasteiger partial charge in [0.15, 0.2) is 0 Å². The van der Waals surface area contributed by atoms with Crippen molar-refractivity contribution in [1.82, 2.24) is 4.90 Å². The minimum atomic E-state index is -0.201. The molecule has 0 bridgehead atoms. The Bertz CT molecular complexity index is 863. The molecule has 0 aromatic heterocycles. The molecule has 2 amide bonds. The second-order valence-electron chi connectivity index (χ2n) is 6.65. The normalized spacial score (nSPS) is 18.4. The van der Waals surface area contributed by atoms with E-state index in [0.717, 1.165) is 30.8 Å². The van der Waals surface area contributed by atoms with Gasteiger partial charge in [0, 0.05) is 24.8 Å². The molecule has 0 aliphatic carbocycles. The zero-order chi connectivity index (χ0) is 18.3. The minimum Gasteiger partial charge on any atom is -0.497 e. The largest absolute Gasteiger partial charge is 0.497 e. The van der Waals surface area contributed by atoms with Gasteiger partial charge in [0.25, 0.3) is 11.8 Å². The SMILES string of the molecule is COc1ccc(NC(=O)c2ccc3c(c2)N(C)[C@H]2CCCN2C3=O)cc1. The zero-order valence-corrected chi connectivity index (χ0v) is 14.9. The first-order valence-electron chi connectivity index (χ1n) is 8.72. The fraction of sp³-hybridized carbons (Fsp3) is 0.300. The average Bonchev–Trinajstić information content (AvgIpc) is 3.16. The van der Waals surface area contributed by atoms with Gasteiger partial charge in [-0.05, 0) is 55.3 Å². The monoisotopic (exact) mass is 351 g/mol. The van der Waals surface area contributed by atoms with Crippen molar-refractivity contribution < 1.29 is 14.3 Å². The number of nitrogens with one attached hydrogen (secondary N) is 1. The van der Waals surface area contributed by atoms with Crippen molar-refractivity contribution in [2.24, 2.45) is 0 Å². The van der Waals surface area contributed by atoms with E-state index < -0.39 is 0 Å². The molecule has 1 fully saturated rings. The average molecular weight is 351 g/mol. The highest BCUT2D eigenvalue weighted by atomic mass is 16.5. The van der Waals surface area contributed by atoms with Crippen molar-refractivity contribution >= 4 is 23.2 Å². The fourth-order valence-electron chi connectivity index (χ4n) is 3.73. The summed E-state index contributed by atoms with van der Waals surface area (Å²) in [6.45, 7) is 0.799. The first kappa shape index (κ1) is 16.4. The van der Waals surface area contributed by atoms with Crippen LogP contribution < -0.4 is 15.0 Å². The van der Waals surface area contributed by atoms with Crippen LogP contribution in [0.3, 0.4) is 0 Å². The topological polar surface area (TPSA) is 61.9 Å². The van der Waals surface area contributed by atoms with Gasteiger partial charge in [-0.25, -0.2) is 0 Å². The van der Waals surface area contributed by atoms with Gasteiger partial charge in [-0.1, -0.05) is 0 Å². The summed E-state index contributed by atoms with van der Waals surface area (Å²) in [5.74, 6) is 0.591. The molecule has 1 N–H and O–H groups in total. The number of nitrogens with zero attached hydrogens (tertiary/aromatic N) is 2. The van der Waals surface area contributed by atoms with Crippen LogP contribution in [0.15, 0.2) is 42.5 Å². The maximum absolute atomic E-state index is 12.7. The van der Waals surface area contributed by atoms with E-state index in [1.807, 2.05) is 18.0 Å². The van der Waals surface area contributed by atoms with Crippen LogP contribution in [0.1, 0.15) is 33.6 Å². The third-order valence-corrected chi connectivity index (χ3v) is 5.15. The molecule has 1 saturated heterocycles. The van der Waals surface area contributed by atoms with Crippen molar-refractivity contribution in [3.63, 3.8) is 0 Å². The van der Waals surface area contributed by atoms with Crippen LogP contribution in [0.2, 0.25) is 0 Å². The van der Waals surface area contributed by atoms with Crippen LogP contribution in [0.4, 0.5) is 11.4 Å². The lowest BCUT2D eigenvalue weighted by Gasteiger charge is -2.40. The van der Waals surface area contributed by atoms with Gasteiger partial charge in [0.2, 0.25) is 0 Å². The van der Waals surface area contributed by atoms with E-state index >= 15 is 0 Å². The van der Waals surface area contributed by atoms with Crippen molar-refractivity contribution in [2.75, 3.05) is 30.9 Å². The number of carbonyl (C=O) groups excluding carboxylic acids is 2. The van der Waals surface area contributed by atoms with Crippen LogP contribution in [-0.4, -0.2) is 43.6 Å². The van der Waals surface area contributed by atoms with Crippen LogP contribution in [0.25, 0.3) is 0 Å². The summed E-state index contributed by atoms with van der Waals surface area (Å²) in [4.78, 5) is 29.3. The Morgan fingerprint density at radius 3 is 2.69 bits per heavy atom. The Labute approximate surface area is 152 Å². The molecule has 2 aromatic rings. The highest BCUT2D eigenvalue weighted by molar-refractivity contribution is 6.08. The molecule has 4 rings (SSSR count). The second kappa shape index (κ2) is 6.37. The van der Waals surface area contributed by atoms with Crippen molar-refractivity contribution in [3.8, 4) is 5.75 Å². The zero-order valence-electron chi connectivity index (χ0n) is 14.9. The van der Waals surface area contributed by atoms with E-state index in [4.69, 9.17) is 4.74 Å². The van der Waals surface area contributed by atoms with Crippen molar-refractivity contribution in [2.45, 2.75) is 19.0 Å². The standard InChI is InChI=1S/C20H21N3O3/c1-22-17-12-13(19(24)21-14-6-8-15(26-2)9-7-14)5-10-16(17)20(25)23-11-3-4-18(22)23/h5-10,12,18H,3-4,11H2,1-2H3,(H,21,24)/t18-/m1/s1. The lowest BCUT2D eigenvalue weighted by molar-refractivity contribution is 0.0719. The predicted octanol–water partition coefficient (Wildman–Crippen LogP) is 2.96. The number of rotatable bonds is 3. The number of methoxy groups -OCH3 is 1. The summed E-state index contributed by atoms with van der Waals surface area (Å²) in [5.41, 5.74) is 2.71. The Balaban J connectivity index is 1.59. The molecule has 0 spiro atoms. The van der Waals surface area contributed by atoms with Gasteiger partial charge in [0.1, 0.15) is 11.9 Å². The minimum absolute atomic E-state index is 0.0581. The summed E-state index contributed by atoms with van der Waals surface area (Å²) in [7, 11) is 3.59. The molecule has 2 heterocycles. The first-order chi connectivity index (χ1) is 12.6. The quantitative estimate of drug-likeness (QED) is 0.924. The van der Waals surface area contributed by atoms with E-state index in [2.05, 4.69) is 10.2 Å². The number of hydrogen-bond acceptors (Lipinski definition) is 4. The molecule has 2 aliphatic rings. The molecule has 1 atom stereocenters. The maximum Gasteiger partial charge on any atom is 0.257 e. The molecule has 0 unspecified atom stereocenters. The lowest BCUT2D eigenvalue weighted by Crippen LogP contribution is -2.50. The highest BCUT2D eigenvalue weighted by Crippen LogP contribution is 2.35. The van der Waals surface area contributed by atoms with E-state index in [1.54, 1.807) is 43.5 Å². The highest BCUT2D eigenvalue weighted by Gasteiger charge is 2.38. The van der Waals surface area contributed by atoms with Gasteiger partial charge < -0.3 is 19.9 Å². The van der Waals surface area contributed by atoms with Gasteiger partial charge in [-0.15, -0.1) is 0 Å². The van der Waals surface area contributed by atoms with E-state index in [9.17, 15) is 9.59 Å². The van der Waals surface area contributed by atoms with E-state index in [-0.39, 0.29) is 18.0 Å². The lowest BCUT2D eigenvalue weighted by atomic mass is 10.0. The van der Waals surface area contributed by atoms with Gasteiger partial charge in [0.05, 0.1) is 18.4 Å². The van der Waals surface area contributed by atoms with Crippen LogP contribution in [0, 0.1) is 0 Å². The number of hydrogen-bond donors (Lipinski definition) is 1. The molecule has 0 radical (unpaired) electrons. The molecular weight excluding hydrogens is 330 g/mol. The number of ether oxygens (including phenoxy) is 1. The van der Waals surface area contributed by atoms with Crippen molar-refractivity contribution in [3.05, 3.63) is 53.6 Å². The molecule has 26 heavy (non-hydrogen) atoms. The molecule has 2 aliphatic heterocycles. The predicted molar refractivity (Wildman–Crippen MR) is 99.9 cm³/mol. The Morgan fingerprint density at radius 2 is 1.96 bits per heavy atom. The molecule has 134 valence electrons. The summed E-state index contributed by atoms with van der Waals surface area (Å²) in [6, 6.07) is 12.4. The summed E-state index contributed by atoms with van der Waals surface area (Å²) in [5, 5.41) is 2.88. The van der Waals surface area contributed by atoms with Gasteiger partial charge in [-0.2, -0.15) is 0 Å². The van der Waals surface area contributed by atoms with Gasteiger partial charge in [-0.3, -0.25) is 9.59 Å². The third kappa shape index (κ3) is 2.67. The summed E-state index contributed by atoms with van der Waals surface area (Å²) < 4.78 is 5.12. The molecule has 6 nitrogen and oxygen atoms in total. The number of amides is 2. The smallest absolute Gasteiger partial charge is 0.257 e. The third-order valence-electron chi connectivity index (χ3n) is 5.15. The van der Waals surface area contributed by atoms with Crippen LogP contribution in [0.5, 0.6) is 5.75 Å². The van der Waals surface area contributed by atoms with E-state index in [0.29, 0.717) is 16.8 Å². The number of anilines is 2. The first-order valence-corrected chi connectivity index (χ1v) is 8.72. The molecule has 0 saturated carbocycles. The number of fused-ring (bicyclic) bond motifs is 2. The second-order valence-corrected chi connectivity index (χ2v) is 6.65. The fourth-order valence-corrected chi connectivity index (χ4v) is 3.73. The van der Waals surface area contributed by atoms with Gasteiger partial charge >= 0.3 is 0 Å². The Morgan fingerprint density at radius 1 is 1.19 bits per heavy atom. The number of carbonyl (C=O) groups is 2. The van der Waals surface area contributed by atoms with Crippen LogP contribution in [-0.2, 0) is 0 Å². The number of benzene rings is 2. The van der Waals surface area contributed by atoms with Crippen molar-refractivity contribution in [1.29, 1.82) is 0 Å². The Kier molecular flexibility index (Phi) is 4.03. The Hall–Kier alpha value is -3.02. The molecule has 6 heteroatoms. The summed E-state index contributed by atoms with van der Waals surface area (Å²) in [6.07, 6.45) is 2.07. The molecular formula is C20H21N3O3. The summed E-state index contributed by atoms with van der Waals surface area (Å²) >= 11 is 0. The maximum atomic E-state index is 12.7.